The van der Waals surface area contributed by atoms with Crippen molar-refractivity contribution in [3.63, 3.8) is 0 Å². The van der Waals surface area contributed by atoms with E-state index in [1.54, 1.807) is 0 Å². The van der Waals surface area contributed by atoms with Gasteiger partial charge in [-0.2, -0.15) is 0 Å². The van der Waals surface area contributed by atoms with E-state index in [0.717, 1.165) is 23.5 Å². The molecule has 0 radical (unpaired) electrons. The molecule has 1 aliphatic rings. The summed E-state index contributed by atoms with van der Waals surface area (Å²) in [5.41, 5.74) is 14.0. The van der Waals surface area contributed by atoms with Gasteiger partial charge < -0.3 is 11.5 Å². The zero-order valence-corrected chi connectivity index (χ0v) is 8.53. The number of aryl methyl sites for hydroxylation is 1. The van der Waals surface area contributed by atoms with Crippen LogP contribution in [0.5, 0.6) is 0 Å². The number of aromatic nitrogens is 1. The van der Waals surface area contributed by atoms with Gasteiger partial charge in [0.2, 0.25) is 0 Å². The average molecular weight is 191 g/mol. The maximum Gasteiger partial charge on any atom is 0.123 e. The lowest BCUT2D eigenvalue weighted by molar-refractivity contribution is 0.593. The molecule has 1 saturated carbocycles. The number of nitrogen functional groups attached to an aromatic ring is 1. The molecule has 1 heterocycles. The molecule has 0 spiro atoms. The summed E-state index contributed by atoms with van der Waals surface area (Å²) in [5, 5.41) is 0. The van der Waals surface area contributed by atoms with Crippen LogP contribution < -0.4 is 11.5 Å². The fourth-order valence-corrected chi connectivity index (χ4v) is 1.82. The van der Waals surface area contributed by atoms with Crippen LogP contribution in [0.3, 0.4) is 0 Å². The second kappa shape index (κ2) is 3.58. The molecule has 0 amide bonds. The van der Waals surface area contributed by atoms with Crippen molar-refractivity contribution in [2.75, 3.05) is 5.73 Å². The summed E-state index contributed by atoms with van der Waals surface area (Å²) >= 11 is 0. The summed E-state index contributed by atoms with van der Waals surface area (Å²) in [6.45, 7) is 2.04. The van der Waals surface area contributed by atoms with Crippen LogP contribution in [0.25, 0.3) is 0 Å². The van der Waals surface area contributed by atoms with Crippen molar-refractivity contribution in [2.45, 2.75) is 32.2 Å². The smallest absolute Gasteiger partial charge is 0.123 e. The highest BCUT2D eigenvalue weighted by Crippen LogP contribution is 2.37. The Morgan fingerprint density at radius 3 is 2.86 bits per heavy atom. The molecule has 14 heavy (non-hydrogen) atoms. The van der Waals surface area contributed by atoms with Crippen molar-refractivity contribution in [2.24, 2.45) is 11.7 Å². The first kappa shape index (κ1) is 9.46. The number of hydrogen-bond acceptors (Lipinski definition) is 3. The Hall–Kier alpha value is -1.09. The van der Waals surface area contributed by atoms with Crippen LogP contribution in [0.2, 0.25) is 0 Å². The summed E-state index contributed by atoms with van der Waals surface area (Å²) in [5.74, 6) is 1.42. The van der Waals surface area contributed by atoms with E-state index in [-0.39, 0.29) is 6.04 Å². The van der Waals surface area contributed by atoms with Gasteiger partial charge in [0.05, 0.1) is 0 Å². The standard InChI is InChI=1S/C11H17N3/c1-7-4-11(13)14-6-9(7)10(12)5-8-2-3-8/h4,6,8,10H,2-3,5,12H2,1H3,(H2,13,14)/t10-/m1/s1. The first-order valence-electron chi connectivity index (χ1n) is 5.14. The van der Waals surface area contributed by atoms with E-state index in [2.05, 4.69) is 4.98 Å². The Kier molecular flexibility index (Phi) is 2.42. The molecule has 2 rings (SSSR count). The van der Waals surface area contributed by atoms with Crippen LogP contribution in [0.15, 0.2) is 12.3 Å². The number of anilines is 1. The first-order valence-corrected chi connectivity index (χ1v) is 5.14. The van der Waals surface area contributed by atoms with Gasteiger partial charge in [-0.15, -0.1) is 0 Å². The van der Waals surface area contributed by atoms with E-state index in [1.807, 2.05) is 19.2 Å². The molecule has 0 aromatic carbocycles. The zero-order chi connectivity index (χ0) is 10.1. The maximum atomic E-state index is 6.11. The Balaban J connectivity index is 2.13. The van der Waals surface area contributed by atoms with Crippen molar-refractivity contribution >= 4 is 5.82 Å². The van der Waals surface area contributed by atoms with Crippen molar-refractivity contribution < 1.29 is 0 Å². The van der Waals surface area contributed by atoms with Gasteiger partial charge in [0, 0.05) is 12.2 Å². The molecule has 1 aromatic rings. The molecule has 1 aromatic heterocycles. The number of nitrogens with zero attached hydrogens (tertiary/aromatic N) is 1. The largest absolute Gasteiger partial charge is 0.384 e. The highest BCUT2D eigenvalue weighted by molar-refractivity contribution is 5.37. The molecule has 1 atom stereocenters. The normalized spacial score (nSPS) is 18.1. The Morgan fingerprint density at radius 2 is 2.29 bits per heavy atom. The monoisotopic (exact) mass is 191 g/mol. The van der Waals surface area contributed by atoms with Crippen LogP contribution in [-0.4, -0.2) is 4.98 Å². The summed E-state index contributed by atoms with van der Waals surface area (Å²) < 4.78 is 0. The molecular formula is C11H17N3. The molecule has 1 aliphatic carbocycles. The van der Waals surface area contributed by atoms with Gasteiger partial charge in [0.15, 0.2) is 0 Å². The molecule has 3 nitrogen and oxygen atoms in total. The highest BCUT2D eigenvalue weighted by atomic mass is 14.8. The first-order chi connectivity index (χ1) is 6.66. The predicted octanol–water partition coefficient (Wildman–Crippen LogP) is 1.77. The lowest BCUT2D eigenvalue weighted by Gasteiger charge is -2.13. The molecule has 3 heteroatoms. The molecule has 0 aliphatic heterocycles. The van der Waals surface area contributed by atoms with Crippen LogP contribution >= 0.6 is 0 Å². The van der Waals surface area contributed by atoms with E-state index in [4.69, 9.17) is 11.5 Å². The van der Waals surface area contributed by atoms with Crippen molar-refractivity contribution in [3.8, 4) is 0 Å². The van der Waals surface area contributed by atoms with E-state index in [0.29, 0.717) is 5.82 Å². The SMILES string of the molecule is Cc1cc(N)ncc1[C@H](N)CC1CC1. The number of rotatable bonds is 3. The topological polar surface area (TPSA) is 64.9 Å². The Morgan fingerprint density at radius 1 is 1.57 bits per heavy atom. The van der Waals surface area contributed by atoms with E-state index in [1.165, 1.54) is 12.8 Å². The van der Waals surface area contributed by atoms with Gasteiger partial charge in [0.25, 0.3) is 0 Å². The van der Waals surface area contributed by atoms with Crippen LogP contribution in [0.1, 0.15) is 36.4 Å². The number of hydrogen-bond donors (Lipinski definition) is 2. The fourth-order valence-electron chi connectivity index (χ4n) is 1.82. The van der Waals surface area contributed by atoms with Crippen LogP contribution in [0, 0.1) is 12.8 Å². The Bertz CT molecular complexity index is 331. The molecule has 0 unspecified atom stereocenters. The molecular weight excluding hydrogens is 174 g/mol. The summed E-state index contributed by atoms with van der Waals surface area (Å²) in [6.07, 6.45) is 5.59. The summed E-state index contributed by atoms with van der Waals surface area (Å²) in [7, 11) is 0. The second-order valence-electron chi connectivity index (χ2n) is 4.25. The molecule has 0 saturated heterocycles. The average Bonchev–Trinajstić information content (AvgIpc) is 2.87. The van der Waals surface area contributed by atoms with Gasteiger partial charge in [-0.05, 0) is 36.5 Å². The lowest BCUT2D eigenvalue weighted by atomic mass is 10.00. The van der Waals surface area contributed by atoms with Gasteiger partial charge in [-0.25, -0.2) is 4.98 Å². The van der Waals surface area contributed by atoms with Crippen molar-refractivity contribution in [1.82, 2.24) is 4.98 Å². The lowest BCUT2D eigenvalue weighted by Crippen LogP contribution is -2.13. The van der Waals surface area contributed by atoms with E-state index >= 15 is 0 Å². The predicted molar refractivity (Wildman–Crippen MR) is 57.7 cm³/mol. The van der Waals surface area contributed by atoms with Crippen molar-refractivity contribution in [1.29, 1.82) is 0 Å². The molecule has 76 valence electrons. The van der Waals surface area contributed by atoms with Gasteiger partial charge in [-0.1, -0.05) is 12.8 Å². The molecule has 0 bridgehead atoms. The maximum absolute atomic E-state index is 6.11. The minimum atomic E-state index is 0.135. The highest BCUT2D eigenvalue weighted by Gasteiger charge is 2.25. The minimum absolute atomic E-state index is 0.135. The number of nitrogens with two attached hydrogens (primary N) is 2. The summed E-state index contributed by atoms with van der Waals surface area (Å²) in [4.78, 5) is 4.09. The Labute approximate surface area is 84.5 Å². The molecule has 1 fully saturated rings. The van der Waals surface area contributed by atoms with Gasteiger partial charge in [-0.3, -0.25) is 0 Å². The van der Waals surface area contributed by atoms with Gasteiger partial charge >= 0.3 is 0 Å². The van der Waals surface area contributed by atoms with E-state index < -0.39 is 0 Å². The fraction of sp³-hybridized carbons (Fsp3) is 0.545. The minimum Gasteiger partial charge on any atom is -0.384 e. The van der Waals surface area contributed by atoms with E-state index in [9.17, 15) is 0 Å². The van der Waals surface area contributed by atoms with Crippen LogP contribution in [-0.2, 0) is 0 Å². The molecule has 4 N–H and O–H groups in total. The third-order valence-electron chi connectivity index (χ3n) is 2.86. The number of pyridine rings is 1. The second-order valence-corrected chi connectivity index (χ2v) is 4.25. The third-order valence-corrected chi connectivity index (χ3v) is 2.86. The zero-order valence-electron chi connectivity index (χ0n) is 8.53. The quantitative estimate of drug-likeness (QED) is 0.765. The van der Waals surface area contributed by atoms with Crippen molar-refractivity contribution in [3.05, 3.63) is 23.4 Å². The third kappa shape index (κ3) is 2.04. The van der Waals surface area contributed by atoms with Crippen LogP contribution in [0.4, 0.5) is 5.82 Å². The van der Waals surface area contributed by atoms with Gasteiger partial charge in [0.1, 0.15) is 5.82 Å². The summed E-state index contributed by atoms with van der Waals surface area (Å²) in [6, 6.07) is 2.03.